The standard InChI is InChI=1S/C36H42F6N6O9S/c1-19(35(37,38)39)56-32(52)45-24-10-8-6-4-5-7-9-20-17-34(20,31(51)47-58(53,54)33(2)13-14-33)46-28(49)26-16-22(18-48(26)30(24)50)57-29-27(36(40,41)42)43-25-15-21(55-3)11-12-23(25)44-29/h7,9,11-12,15,19-20,22,24,26H,4-6,8,10,13-14,16-18H2,1-3H3,(H,45,52)(H,46,49)(H,47,51)/b9-7+/t19-,20+,22+,24-,26-,34+/m0/s1. The molecule has 58 heavy (non-hydrogen) atoms. The fourth-order valence-electron chi connectivity index (χ4n) is 6.92. The summed E-state index contributed by atoms with van der Waals surface area (Å²) in [4.78, 5) is 63.6. The Labute approximate surface area is 328 Å². The number of sulfonamides is 1. The Balaban J connectivity index is 1.34. The van der Waals surface area contributed by atoms with Crippen LogP contribution in [0, 0.1) is 5.92 Å². The number of aromatic nitrogens is 2. The Kier molecular flexibility index (Phi) is 11.6. The molecule has 0 unspecified atom stereocenters. The fourth-order valence-corrected chi connectivity index (χ4v) is 8.23. The molecule has 2 aromatic rings. The van der Waals surface area contributed by atoms with Crippen molar-refractivity contribution in [3.63, 3.8) is 0 Å². The maximum atomic E-state index is 14.4. The van der Waals surface area contributed by atoms with Crippen LogP contribution in [-0.2, 0) is 35.3 Å². The number of allylic oxidation sites excluding steroid dienone is 1. The lowest BCUT2D eigenvalue weighted by atomic mass is 10.0. The van der Waals surface area contributed by atoms with Gasteiger partial charge in [-0.05, 0) is 64.5 Å². The first-order valence-corrected chi connectivity index (χ1v) is 20.0. The number of nitrogens with one attached hydrogen (secondary N) is 3. The first-order chi connectivity index (χ1) is 27.1. The summed E-state index contributed by atoms with van der Waals surface area (Å²) in [5.74, 6) is -4.47. The highest BCUT2D eigenvalue weighted by Gasteiger charge is 2.63. The van der Waals surface area contributed by atoms with Crippen LogP contribution in [0.25, 0.3) is 11.0 Å². The number of carbonyl (C=O) groups excluding carboxylic acids is 4. The molecule has 0 bridgehead atoms. The molecule has 4 amide bonds. The van der Waals surface area contributed by atoms with Crippen molar-refractivity contribution in [2.45, 2.75) is 119 Å². The largest absolute Gasteiger partial charge is 0.497 e. The molecular weight excluding hydrogens is 806 g/mol. The summed E-state index contributed by atoms with van der Waals surface area (Å²) in [6, 6.07) is 0.829. The normalized spacial score (nSPS) is 27.4. The van der Waals surface area contributed by atoms with Crippen LogP contribution in [0.5, 0.6) is 11.6 Å². The van der Waals surface area contributed by atoms with Crippen molar-refractivity contribution in [3.8, 4) is 11.6 Å². The molecule has 0 radical (unpaired) electrons. The minimum absolute atomic E-state index is 0.0166. The average Bonchev–Trinajstić information content (AvgIpc) is 4.02. The van der Waals surface area contributed by atoms with Gasteiger partial charge in [0.25, 0.3) is 5.91 Å². The second-order valence-electron chi connectivity index (χ2n) is 15.2. The molecule has 2 aliphatic heterocycles. The lowest BCUT2D eigenvalue weighted by Crippen LogP contribution is -2.58. The van der Waals surface area contributed by atoms with Crippen molar-refractivity contribution in [2.24, 2.45) is 5.92 Å². The summed E-state index contributed by atoms with van der Waals surface area (Å²) in [7, 11) is -2.86. The van der Waals surface area contributed by atoms with Crippen molar-refractivity contribution < 1.29 is 68.1 Å². The summed E-state index contributed by atoms with van der Waals surface area (Å²) >= 11 is 0. The summed E-state index contributed by atoms with van der Waals surface area (Å²) in [5, 5.41) is 4.76. The van der Waals surface area contributed by atoms with Gasteiger partial charge in [0.2, 0.25) is 33.4 Å². The highest BCUT2D eigenvalue weighted by atomic mass is 32.2. The maximum absolute atomic E-state index is 14.4. The molecule has 6 rings (SSSR count). The molecule has 2 saturated carbocycles. The van der Waals surface area contributed by atoms with E-state index >= 15 is 0 Å². The van der Waals surface area contributed by atoms with Gasteiger partial charge in [0.1, 0.15) is 29.5 Å². The summed E-state index contributed by atoms with van der Waals surface area (Å²) < 4.78 is 125. The number of methoxy groups -OCH3 is 1. The van der Waals surface area contributed by atoms with Gasteiger partial charge in [-0.2, -0.15) is 26.3 Å². The molecule has 15 nitrogen and oxygen atoms in total. The van der Waals surface area contributed by atoms with E-state index in [0.29, 0.717) is 39.0 Å². The SMILES string of the molecule is COc1ccc2nc(O[C@@H]3C[C@H]4C(=O)N[C@]5(C(=O)NS(=O)(=O)C6(C)CC6)C[C@H]5/C=C/CCCCC[C@H](NC(=O)O[C@@H](C)C(F)(F)F)C(=O)N4C3)c(C(F)(F)F)nc2c1. The monoisotopic (exact) mass is 848 g/mol. The smallest absolute Gasteiger partial charge is 0.438 e. The molecule has 6 atom stereocenters. The Hall–Kier alpha value is -4.89. The lowest BCUT2D eigenvalue weighted by molar-refractivity contribution is -0.197. The zero-order valence-electron chi connectivity index (χ0n) is 31.5. The van der Waals surface area contributed by atoms with Crippen molar-refractivity contribution in [1.82, 2.24) is 30.2 Å². The number of hydrogen-bond acceptors (Lipinski definition) is 11. The van der Waals surface area contributed by atoms with Crippen molar-refractivity contribution in [3.05, 3.63) is 36.0 Å². The number of alkyl halides is 6. The number of fused-ring (bicyclic) bond motifs is 3. The Morgan fingerprint density at radius 3 is 2.43 bits per heavy atom. The van der Waals surface area contributed by atoms with Crippen molar-refractivity contribution in [2.75, 3.05) is 13.7 Å². The average molecular weight is 849 g/mol. The van der Waals surface area contributed by atoms with Gasteiger partial charge in [-0.15, -0.1) is 0 Å². The molecular formula is C36H42F6N6O9S. The number of rotatable bonds is 8. The predicted molar refractivity (Wildman–Crippen MR) is 190 cm³/mol. The third kappa shape index (κ3) is 9.05. The maximum Gasteiger partial charge on any atom is 0.438 e. The van der Waals surface area contributed by atoms with E-state index in [9.17, 15) is 53.9 Å². The van der Waals surface area contributed by atoms with Crippen LogP contribution in [-0.4, -0.2) is 102 Å². The van der Waals surface area contributed by atoms with E-state index in [-0.39, 0.29) is 36.0 Å². The number of alkyl carbamates (subject to hydrolysis) is 1. The third-order valence-corrected chi connectivity index (χ3v) is 13.1. The van der Waals surface area contributed by atoms with E-state index in [1.807, 2.05) is 0 Å². The Morgan fingerprint density at radius 2 is 1.78 bits per heavy atom. The molecule has 1 aromatic carbocycles. The zero-order chi connectivity index (χ0) is 42.4. The summed E-state index contributed by atoms with van der Waals surface area (Å²) in [6.45, 7) is 1.47. The predicted octanol–water partition coefficient (Wildman–Crippen LogP) is 4.44. The Morgan fingerprint density at radius 1 is 1.05 bits per heavy atom. The molecule has 1 saturated heterocycles. The molecule has 3 heterocycles. The number of ether oxygens (including phenoxy) is 3. The highest BCUT2D eigenvalue weighted by molar-refractivity contribution is 7.91. The van der Waals surface area contributed by atoms with E-state index in [0.717, 1.165) is 4.90 Å². The van der Waals surface area contributed by atoms with Gasteiger partial charge in [0.05, 0.1) is 29.4 Å². The number of benzene rings is 1. The fraction of sp³-hybridized carbons (Fsp3) is 0.611. The van der Waals surface area contributed by atoms with Crippen LogP contribution in [0.4, 0.5) is 31.1 Å². The van der Waals surface area contributed by atoms with Crippen LogP contribution < -0.4 is 24.8 Å². The number of hydrogen-bond donors (Lipinski definition) is 3. The summed E-state index contributed by atoms with van der Waals surface area (Å²) in [6.07, 6.45) is -10.4. The van der Waals surface area contributed by atoms with E-state index in [2.05, 4.69) is 30.1 Å². The van der Waals surface area contributed by atoms with Gasteiger partial charge < -0.3 is 29.7 Å². The second kappa shape index (κ2) is 15.7. The van der Waals surface area contributed by atoms with Crippen LogP contribution >= 0.6 is 0 Å². The first-order valence-electron chi connectivity index (χ1n) is 18.6. The molecule has 22 heteroatoms. The van der Waals surface area contributed by atoms with E-state index < -0.39 is 111 Å². The van der Waals surface area contributed by atoms with Gasteiger partial charge >= 0.3 is 18.4 Å². The number of amides is 4. The molecule has 3 fully saturated rings. The highest BCUT2D eigenvalue weighted by Crippen LogP contribution is 2.48. The van der Waals surface area contributed by atoms with E-state index in [1.165, 1.54) is 32.2 Å². The topological polar surface area (TPSA) is 195 Å². The quantitative estimate of drug-likeness (QED) is 0.251. The molecule has 2 aliphatic carbocycles. The van der Waals surface area contributed by atoms with E-state index in [4.69, 9.17) is 9.47 Å². The molecule has 1 aromatic heterocycles. The van der Waals surface area contributed by atoms with Crippen molar-refractivity contribution >= 4 is 44.9 Å². The van der Waals surface area contributed by atoms with Crippen LogP contribution in [0.2, 0.25) is 0 Å². The van der Waals surface area contributed by atoms with Crippen LogP contribution in [0.1, 0.15) is 77.3 Å². The van der Waals surface area contributed by atoms with E-state index in [1.54, 1.807) is 12.2 Å². The van der Waals surface area contributed by atoms with Gasteiger partial charge in [-0.25, -0.2) is 23.2 Å². The second-order valence-corrected chi connectivity index (χ2v) is 17.4. The minimum atomic E-state index is -5.09. The van der Waals surface area contributed by atoms with Gasteiger partial charge in [0, 0.05) is 18.4 Å². The summed E-state index contributed by atoms with van der Waals surface area (Å²) in [5.41, 5.74) is -3.51. The first kappa shape index (κ1) is 42.7. The number of carbonyl (C=O) groups is 4. The van der Waals surface area contributed by atoms with Crippen LogP contribution in [0.3, 0.4) is 0 Å². The van der Waals surface area contributed by atoms with Gasteiger partial charge in [-0.3, -0.25) is 19.1 Å². The number of halogens is 6. The van der Waals surface area contributed by atoms with Gasteiger partial charge in [-0.1, -0.05) is 25.0 Å². The zero-order valence-corrected chi connectivity index (χ0v) is 32.4. The number of nitrogens with zero attached hydrogens (tertiary/aromatic N) is 3. The molecule has 4 aliphatic rings. The lowest BCUT2D eigenvalue weighted by Gasteiger charge is -2.30. The molecule has 318 valence electrons. The van der Waals surface area contributed by atoms with Crippen molar-refractivity contribution in [1.29, 1.82) is 0 Å². The molecule has 3 N–H and O–H groups in total. The van der Waals surface area contributed by atoms with Crippen LogP contribution in [0.15, 0.2) is 30.4 Å². The van der Waals surface area contributed by atoms with Gasteiger partial charge in [0.15, 0.2) is 6.10 Å². The Bertz CT molecular complexity index is 2100. The molecule has 0 spiro atoms. The minimum Gasteiger partial charge on any atom is -0.497 e. The third-order valence-electron chi connectivity index (χ3n) is 10.9.